The molecule has 1 rings (SSSR count). The number of carbonyl (C=O) groups is 2. The topological polar surface area (TPSA) is 79.9 Å². The Hall–Kier alpha value is -1.50. The van der Waals surface area contributed by atoms with E-state index in [0.717, 1.165) is 0 Å². The van der Waals surface area contributed by atoms with Crippen molar-refractivity contribution in [1.29, 1.82) is 0 Å². The summed E-state index contributed by atoms with van der Waals surface area (Å²) in [6, 6.07) is -0.510. The van der Waals surface area contributed by atoms with Crippen molar-refractivity contribution in [2.45, 2.75) is 84.9 Å². The number of amides is 3. The molecule has 0 unspecified atom stereocenters. The molecule has 1 aliphatic heterocycles. The van der Waals surface area contributed by atoms with Gasteiger partial charge in [-0.25, -0.2) is 9.59 Å². The third kappa shape index (κ3) is 5.57. The van der Waals surface area contributed by atoms with E-state index in [2.05, 4.69) is 10.6 Å². The first-order valence-electron chi connectivity index (χ1n) is 8.08. The van der Waals surface area contributed by atoms with Gasteiger partial charge in [-0.05, 0) is 55.4 Å². The quantitative estimate of drug-likeness (QED) is 0.833. The van der Waals surface area contributed by atoms with Crippen molar-refractivity contribution < 1.29 is 19.1 Å². The molecule has 0 saturated carbocycles. The van der Waals surface area contributed by atoms with Crippen LogP contribution < -0.4 is 10.6 Å². The molecule has 0 radical (unpaired) electrons. The Bertz CT molecular complexity index is 443. The molecule has 7 nitrogen and oxygen atoms in total. The fourth-order valence-electron chi connectivity index (χ4n) is 2.63. The second-order valence-corrected chi connectivity index (χ2v) is 7.70. The van der Waals surface area contributed by atoms with Crippen LogP contribution in [0.25, 0.3) is 0 Å². The van der Waals surface area contributed by atoms with Crippen LogP contribution >= 0.6 is 0 Å². The van der Waals surface area contributed by atoms with Crippen molar-refractivity contribution >= 4 is 12.1 Å². The SMILES string of the molecule is CC(C)NC(=O)NC[C@H]1[C@@H](C)OC(C)(C)N1C(=O)OC(C)(C)C. The Morgan fingerprint density at radius 3 is 2.35 bits per heavy atom. The van der Waals surface area contributed by atoms with E-state index >= 15 is 0 Å². The standard InChI is InChI=1S/C16H31N3O4/c1-10(2)18-13(20)17-9-12-11(3)22-16(7,8)19(12)14(21)23-15(4,5)6/h10-12H,9H2,1-8H3,(H2,17,18,20)/t11-,12+/m1/s1. The van der Waals surface area contributed by atoms with E-state index in [1.54, 1.807) is 4.90 Å². The summed E-state index contributed by atoms with van der Waals surface area (Å²) in [5, 5.41) is 5.55. The lowest BCUT2D eigenvalue weighted by Gasteiger charge is -2.35. The van der Waals surface area contributed by atoms with Crippen molar-refractivity contribution in [3.8, 4) is 0 Å². The fourth-order valence-corrected chi connectivity index (χ4v) is 2.63. The van der Waals surface area contributed by atoms with Gasteiger partial charge in [0.15, 0.2) is 0 Å². The van der Waals surface area contributed by atoms with Gasteiger partial charge in [-0.15, -0.1) is 0 Å². The van der Waals surface area contributed by atoms with Gasteiger partial charge in [0.05, 0.1) is 12.1 Å². The highest BCUT2D eigenvalue weighted by atomic mass is 16.6. The molecular weight excluding hydrogens is 298 g/mol. The molecule has 0 bridgehead atoms. The highest BCUT2D eigenvalue weighted by Crippen LogP contribution is 2.33. The maximum atomic E-state index is 12.6. The molecule has 1 saturated heterocycles. The van der Waals surface area contributed by atoms with Gasteiger partial charge in [0, 0.05) is 12.6 Å². The van der Waals surface area contributed by atoms with E-state index in [0.29, 0.717) is 6.54 Å². The van der Waals surface area contributed by atoms with E-state index in [-0.39, 0.29) is 24.2 Å². The molecule has 7 heteroatoms. The Morgan fingerprint density at radius 2 is 1.87 bits per heavy atom. The molecule has 134 valence electrons. The van der Waals surface area contributed by atoms with Gasteiger partial charge >= 0.3 is 12.1 Å². The number of hydrogen-bond acceptors (Lipinski definition) is 4. The van der Waals surface area contributed by atoms with Gasteiger partial charge in [-0.1, -0.05) is 0 Å². The van der Waals surface area contributed by atoms with E-state index < -0.39 is 17.4 Å². The van der Waals surface area contributed by atoms with Gasteiger partial charge in [0.1, 0.15) is 11.3 Å². The summed E-state index contributed by atoms with van der Waals surface area (Å²) in [7, 11) is 0. The Morgan fingerprint density at radius 1 is 1.30 bits per heavy atom. The lowest BCUT2D eigenvalue weighted by Crippen LogP contribution is -2.54. The normalized spacial score (nSPS) is 23.8. The predicted molar refractivity (Wildman–Crippen MR) is 88.2 cm³/mol. The van der Waals surface area contributed by atoms with Crippen LogP contribution in [-0.4, -0.2) is 53.1 Å². The summed E-state index contributed by atoms with van der Waals surface area (Å²) in [6.45, 7) is 15.1. The fraction of sp³-hybridized carbons (Fsp3) is 0.875. The molecule has 0 aromatic rings. The first kappa shape index (κ1) is 19.5. The molecule has 3 amide bonds. The van der Waals surface area contributed by atoms with E-state index in [1.807, 2.05) is 55.4 Å². The second kappa shape index (κ2) is 6.95. The van der Waals surface area contributed by atoms with Crippen molar-refractivity contribution in [3.63, 3.8) is 0 Å². The predicted octanol–water partition coefficient (Wildman–Crippen LogP) is 2.45. The third-order valence-electron chi connectivity index (χ3n) is 3.41. The van der Waals surface area contributed by atoms with Gasteiger partial charge in [-0.3, -0.25) is 4.90 Å². The molecule has 1 heterocycles. The molecule has 23 heavy (non-hydrogen) atoms. The van der Waals surface area contributed by atoms with Gasteiger partial charge in [-0.2, -0.15) is 0 Å². The van der Waals surface area contributed by atoms with Crippen LogP contribution in [0, 0.1) is 0 Å². The number of urea groups is 1. The van der Waals surface area contributed by atoms with Gasteiger partial charge in [0.25, 0.3) is 0 Å². The summed E-state index contributed by atoms with van der Waals surface area (Å²) >= 11 is 0. The lowest BCUT2D eigenvalue weighted by molar-refractivity contribution is -0.0756. The highest BCUT2D eigenvalue weighted by Gasteiger charge is 2.49. The minimum atomic E-state index is -0.789. The van der Waals surface area contributed by atoms with Gasteiger partial charge in [0.2, 0.25) is 0 Å². The van der Waals surface area contributed by atoms with Crippen molar-refractivity contribution in [2.24, 2.45) is 0 Å². The van der Waals surface area contributed by atoms with Crippen LogP contribution in [0.1, 0.15) is 55.4 Å². The number of ether oxygens (including phenoxy) is 2. The minimum Gasteiger partial charge on any atom is -0.444 e. The summed E-state index contributed by atoms with van der Waals surface area (Å²) in [4.78, 5) is 25.9. The second-order valence-electron chi connectivity index (χ2n) is 7.70. The molecule has 1 aliphatic rings. The minimum absolute atomic E-state index is 0.0469. The van der Waals surface area contributed by atoms with Gasteiger partial charge < -0.3 is 20.1 Å². The van der Waals surface area contributed by atoms with Crippen molar-refractivity contribution in [2.75, 3.05) is 6.54 Å². The molecule has 0 aromatic heterocycles. The zero-order valence-electron chi connectivity index (χ0n) is 15.5. The summed E-state index contributed by atoms with van der Waals surface area (Å²) in [6.07, 6.45) is -0.653. The van der Waals surface area contributed by atoms with E-state index in [4.69, 9.17) is 9.47 Å². The number of carbonyl (C=O) groups excluding carboxylic acids is 2. The first-order chi connectivity index (χ1) is 10.3. The summed E-state index contributed by atoms with van der Waals surface area (Å²) < 4.78 is 11.4. The average molecular weight is 329 g/mol. The molecule has 2 N–H and O–H groups in total. The van der Waals surface area contributed by atoms with E-state index in [9.17, 15) is 9.59 Å². The van der Waals surface area contributed by atoms with Crippen LogP contribution in [0.5, 0.6) is 0 Å². The Labute approximate surface area is 139 Å². The highest BCUT2D eigenvalue weighted by molar-refractivity contribution is 5.74. The average Bonchev–Trinajstić information content (AvgIpc) is 2.52. The first-order valence-corrected chi connectivity index (χ1v) is 8.08. The van der Waals surface area contributed by atoms with E-state index in [1.165, 1.54) is 0 Å². The number of nitrogens with zero attached hydrogens (tertiary/aromatic N) is 1. The molecule has 0 aromatic carbocycles. The molecule has 1 fully saturated rings. The molecule has 2 atom stereocenters. The number of rotatable bonds is 3. The summed E-state index contributed by atoms with van der Waals surface area (Å²) in [5.41, 5.74) is -1.38. The lowest BCUT2D eigenvalue weighted by atomic mass is 10.1. The zero-order valence-corrected chi connectivity index (χ0v) is 15.5. The molecule has 0 aliphatic carbocycles. The largest absolute Gasteiger partial charge is 0.444 e. The molecular formula is C16H31N3O4. The van der Waals surface area contributed by atoms with Crippen LogP contribution in [0.3, 0.4) is 0 Å². The third-order valence-corrected chi connectivity index (χ3v) is 3.41. The van der Waals surface area contributed by atoms with Crippen molar-refractivity contribution in [3.05, 3.63) is 0 Å². The monoisotopic (exact) mass is 329 g/mol. The number of nitrogens with one attached hydrogen (secondary N) is 2. The number of hydrogen-bond donors (Lipinski definition) is 2. The maximum Gasteiger partial charge on any atom is 0.412 e. The maximum absolute atomic E-state index is 12.6. The molecule has 0 spiro atoms. The smallest absolute Gasteiger partial charge is 0.412 e. The Kier molecular flexibility index (Phi) is 5.90. The van der Waals surface area contributed by atoms with Crippen LogP contribution in [0.2, 0.25) is 0 Å². The Balaban J connectivity index is 2.81. The summed E-state index contributed by atoms with van der Waals surface area (Å²) in [5.74, 6) is 0. The zero-order chi connectivity index (χ0) is 18.0. The van der Waals surface area contributed by atoms with Crippen molar-refractivity contribution in [1.82, 2.24) is 15.5 Å². The van der Waals surface area contributed by atoms with Crippen LogP contribution in [-0.2, 0) is 9.47 Å². The van der Waals surface area contributed by atoms with Crippen LogP contribution in [0.15, 0.2) is 0 Å². The van der Waals surface area contributed by atoms with Crippen LogP contribution in [0.4, 0.5) is 9.59 Å².